The number of nitrogens with zero attached hydrogens (tertiary/aromatic N) is 1. The van der Waals surface area contributed by atoms with E-state index in [0.717, 1.165) is 37.7 Å². The lowest BCUT2D eigenvalue weighted by Gasteiger charge is -2.53. The third-order valence-corrected chi connectivity index (χ3v) is 6.41. The van der Waals surface area contributed by atoms with Gasteiger partial charge in [0.25, 0.3) is 5.91 Å². The number of esters is 1. The molecule has 2 amide bonds. The number of fused-ring (bicyclic) bond motifs is 1. The van der Waals surface area contributed by atoms with Gasteiger partial charge in [-0.15, -0.1) is 0 Å². The monoisotopic (exact) mass is 416 g/mol. The Kier molecular flexibility index (Phi) is 7.48. The highest BCUT2D eigenvalue weighted by Gasteiger charge is 2.54. The number of methoxy groups -OCH3 is 2. The van der Waals surface area contributed by atoms with E-state index in [1.807, 2.05) is 29.2 Å². The van der Waals surface area contributed by atoms with Crippen LogP contribution in [0, 0.1) is 0 Å². The highest BCUT2D eigenvalue weighted by molar-refractivity contribution is 6.02. The van der Waals surface area contributed by atoms with Crippen LogP contribution in [0.5, 0.6) is 0 Å². The van der Waals surface area contributed by atoms with Gasteiger partial charge in [0.05, 0.1) is 25.2 Å². The summed E-state index contributed by atoms with van der Waals surface area (Å²) in [7, 11) is 2.99. The van der Waals surface area contributed by atoms with Crippen LogP contribution in [-0.2, 0) is 19.1 Å². The molecular weight excluding hydrogens is 384 g/mol. The molecule has 0 unspecified atom stereocenters. The summed E-state index contributed by atoms with van der Waals surface area (Å²) < 4.78 is 9.95. The van der Waals surface area contributed by atoms with Gasteiger partial charge in [-0.25, -0.2) is 0 Å². The molecule has 0 radical (unpaired) electrons. The maximum atomic E-state index is 13.5. The Hall–Kier alpha value is -2.41. The molecule has 1 fully saturated rings. The van der Waals surface area contributed by atoms with Crippen molar-refractivity contribution in [1.82, 2.24) is 10.2 Å². The molecule has 1 atom stereocenters. The summed E-state index contributed by atoms with van der Waals surface area (Å²) in [6, 6.07) is 7.46. The lowest BCUT2D eigenvalue weighted by atomic mass is 9.65. The molecule has 7 nitrogen and oxygen atoms in total. The second kappa shape index (κ2) is 10.1. The van der Waals surface area contributed by atoms with Gasteiger partial charge >= 0.3 is 5.97 Å². The standard InChI is InChI=1S/C23H32N2O5/c1-29-16-15-25-22(28)18-10-5-4-9-17(18)20(23(25)12-6-3-7-13-23)21(27)24-14-8-11-19(26)30-2/h4-5,9-10,20H,3,6-8,11-16H2,1-2H3,(H,24,27)/t20-/m0/s1. The molecule has 0 aromatic heterocycles. The van der Waals surface area contributed by atoms with Crippen molar-refractivity contribution in [2.45, 2.75) is 56.4 Å². The zero-order valence-corrected chi connectivity index (χ0v) is 17.9. The van der Waals surface area contributed by atoms with E-state index in [1.54, 1.807) is 7.11 Å². The summed E-state index contributed by atoms with van der Waals surface area (Å²) in [4.78, 5) is 40.1. The molecule has 1 N–H and O–H groups in total. The Morgan fingerprint density at radius 2 is 1.90 bits per heavy atom. The Balaban J connectivity index is 1.92. The van der Waals surface area contributed by atoms with Crippen LogP contribution in [-0.4, -0.2) is 62.1 Å². The van der Waals surface area contributed by atoms with Crippen molar-refractivity contribution in [3.05, 3.63) is 35.4 Å². The van der Waals surface area contributed by atoms with E-state index in [2.05, 4.69) is 10.1 Å². The quantitative estimate of drug-likeness (QED) is 0.520. The summed E-state index contributed by atoms with van der Waals surface area (Å²) >= 11 is 0. The maximum absolute atomic E-state index is 13.5. The minimum Gasteiger partial charge on any atom is -0.469 e. The van der Waals surface area contributed by atoms with Crippen LogP contribution in [0.2, 0.25) is 0 Å². The molecule has 1 spiro atoms. The normalized spacial score (nSPS) is 20.0. The SMILES string of the molecule is COCCN1C(=O)c2ccccc2[C@@H](C(=O)NCCCC(=O)OC)C12CCCCC2. The van der Waals surface area contributed by atoms with Gasteiger partial charge in [0.15, 0.2) is 0 Å². The molecule has 7 heteroatoms. The van der Waals surface area contributed by atoms with E-state index in [9.17, 15) is 14.4 Å². The van der Waals surface area contributed by atoms with Gasteiger partial charge in [0.2, 0.25) is 5.91 Å². The minimum atomic E-state index is -0.533. The molecule has 1 aromatic rings. The van der Waals surface area contributed by atoms with E-state index >= 15 is 0 Å². The Morgan fingerprint density at radius 1 is 1.17 bits per heavy atom. The average molecular weight is 417 g/mol. The van der Waals surface area contributed by atoms with Gasteiger partial charge in [-0.2, -0.15) is 0 Å². The van der Waals surface area contributed by atoms with Gasteiger partial charge in [0.1, 0.15) is 0 Å². The Morgan fingerprint density at radius 3 is 2.60 bits per heavy atom. The lowest BCUT2D eigenvalue weighted by molar-refractivity contribution is -0.141. The number of hydrogen-bond acceptors (Lipinski definition) is 5. The fourth-order valence-corrected chi connectivity index (χ4v) is 5.00. The Labute approximate surface area is 178 Å². The first-order valence-corrected chi connectivity index (χ1v) is 10.8. The third kappa shape index (κ3) is 4.36. The van der Waals surface area contributed by atoms with Crippen LogP contribution in [0.15, 0.2) is 24.3 Å². The number of carbonyl (C=O) groups excluding carboxylic acids is 3. The number of benzene rings is 1. The molecule has 30 heavy (non-hydrogen) atoms. The summed E-state index contributed by atoms with van der Waals surface area (Å²) in [6.45, 7) is 1.30. The molecule has 0 bridgehead atoms. The second-order valence-corrected chi connectivity index (χ2v) is 8.10. The van der Waals surface area contributed by atoms with E-state index in [4.69, 9.17) is 4.74 Å². The van der Waals surface area contributed by atoms with Crippen LogP contribution in [0.25, 0.3) is 0 Å². The summed E-state index contributed by atoms with van der Waals surface area (Å²) in [5.74, 6) is -0.808. The fourth-order valence-electron chi connectivity index (χ4n) is 5.00. The van der Waals surface area contributed by atoms with Gasteiger partial charge in [0, 0.05) is 32.2 Å². The number of carbonyl (C=O) groups is 3. The van der Waals surface area contributed by atoms with Crippen LogP contribution >= 0.6 is 0 Å². The zero-order valence-electron chi connectivity index (χ0n) is 17.9. The van der Waals surface area contributed by atoms with Crippen molar-refractivity contribution in [2.75, 3.05) is 33.9 Å². The number of nitrogens with one attached hydrogen (secondary N) is 1. The van der Waals surface area contributed by atoms with Crippen molar-refractivity contribution in [3.63, 3.8) is 0 Å². The first-order chi connectivity index (χ1) is 14.5. The number of ether oxygens (including phenoxy) is 2. The lowest BCUT2D eigenvalue weighted by Crippen LogP contribution is -2.63. The smallest absolute Gasteiger partial charge is 0.305 e. The molecule has 1 aliphatic heterocycles. The van der Waals surface area contributed by atoms with Crippen molar-refractivity contribution in [1.29, 1.82) is 0 Å². The highest BCUT2D eigenvalue weighted by Crippen LogP contribution is 2.49. The average Bonchev–Trinajstić information content (AvgIpc) is 2.77. The molecule has 1 heterocycles. The predicted molar refractivity (Wildman–Crippen MR) is 112 cm³/mol. The first-order valence-electron chi connectivity index (χ1n) is 10.8. The van der Waals surface area contributed by atoms with Crippen molar-refractivity contribution in [3.8, 4) is 0 Å². The van der Waals surface area contributed by atoms with Crippen LogP contribution in [0.4, 0.5) is 0 Å². The molecule has 164 valence electrons. The second-order valence-electron chi connectivity index (χ2n) is 8.10. The summed E-state index contributed by atoms with van der Waals surface area (Å²) in [5, 5.41) is 3.02. The van der Waals surface area contributed by atoms with E-state index in [0.29, 0.717) is 31.7 Å². The van der Waals surface area contributed by atoms with E-state index in [-0.39, 0.29) is 24.2 Å². The molecule has 1 aliphatic carbocycles. The number of rotatable bonds is 8. The van der Waals surface area contributed by atoms with E-state index in [1.165, 1.54) is 7.11 Å². The van der Waals surface area contributed by atoms with Crippen LogP contribution in [0.3, 0.4) is 0 Å². The third-order valence-electron chi connectivity index (χ3n) is 6.41. The van der Waals surface area contributed by atoms with Crippen molar-refractivity contribution < 1.29 is 23.9 Å². The zero-order chi connectivity index (χ0) is 21.6. The summed E-state index contributed by atoms with van der Waals surface area (Å²) in [5.41, 5.74) is 0.873. The van der Waals surface area contributed by atoms with Crippen molar-refractivity contribution >= 4 is 17.8 Å². The molecule has 1 saturated carbocycles. The summed E-state index contributed by atoms with van der Waals surface area (Å²) in [6.07, 6.45) is 5.49. The minimum absolute atomic E-state index is 0.0145. The predicted octanol–water partition coefficient (Wildman–Crippen LogP) is 2.64. The van der Waals surface area contributed by atoms with Gasteiger partial charge < -0.3 is 19.7 Å². The largest absolute Gasteiger partial charge is 0.469 e. The molecule has 1 aromatic carbocycles. The molecular formula is C23H32N2O5. The first kappa shape index (κ1) is 22.3. The Bertz CT molecular complexity index is 773. The van der Waals surface area contributed by atoms with Crippen molar-refractivity contribution in [2.24, 2.45) is 0 Å². The van der Waals surface area contributed by atoms with Gasteiger partial charge in [-0.1, -0.05) is 37.5 Å². The number of hydrogen-bond donors (Lipinski definition) is 1. The van der Waals surface area contributed by atoms with E-state index < -0.39 is 11.5 Å². The molecule has 2 aliphatic rings. The molecule has 0 saturated heterocycles. The van der Waals surface area contributed by atoms with Gasteiger partial charge in [-0.05, 0) is 30.9 Å². The molecule has 3 rings (SSSR count). The van der Waals surface area contributed by atoms with Crippen LogP contribution in [0.1, 0.15) is 66.8 Å². The number of amides is 2. The topological polar surface area (TPSA) is 84.9 Å². The fraction of sp³-hybridized carbons (Fsp3) is 0.609. The maximum Gasteiger partial charge on any atom is 0.305 e. The van der Waals surface area contributed by atoms with Crippen LogP contribution < -0.4 is 5.32 Å². The van der Waals surface area contributed by atoms with Gasteiger partial charge in [-0.3, -0.25) is 14.4 Å². The highest BCUT2D eigenvalue weighted by atomic mass is 16.5.